The van der Waals surface area contributed by atoms with E-state index in [1.54, 1.807) is 24.3 Å². The van der Waals surface area contributed by atoms with E-state index in [1.165, 1.54) is 37.4 Å². The van der Waals surface area contributed by atoms with Gasteiger partial charge in [0.05, 0.1) is 17.7 Å². The second kappa shape index (κ2) is 9.07. The molecule has 0 atom stereocenters. The highest BCUT2D eigenvalue weighted by Gasteiger charge is 2.14. The Bertz CT molecular complexity index is 1090. The molecule has 1 N–H and O–H groups in total. The molecule has 0 aliphatic heterocycles. The minimum atomic E-state index is -0.455. The maximum absolute atomic E-state index is 14.3. The Morgan fingerprint density at radius 3 is 2.59 bits per heavy atom. The van der Waals surface area contributed by atoms with Crippen LogP contribution in [0.5, 0.6) is 5.75 Å². The maximum atomic E-state index is 14.3. The molecule has 0 spiro atoms. The van der Waals surface area contributed by atoms with E-state index in [1.807, 2.05) is 0 Å². The second-order valence-corrected chi connectivity index (χ2v) is 7.03. The molecule has 0 aliphatic rings. The van der Waals surface area contributed by atoms with Crippen molar-refractivity contribution in [2.75, 3.05) is 7.11 Å². The molecular weight excluding hydrogens is 416 g/mol. The predicted octanol–water partition coefficient (Wildman–Crippen LogP) is 5.55. The Balaban J connectivity index is 1.88. The number of amides is 1. The van der Waals surface area contributed by atoms with Gasteiger partial charge in [0.25, 0.3) is 5.91 Å². The van der Waals surface area contributed by atoms with E-state index in [-0.39, 0.29) is 28.6 Å². The minimum absolute atomic E-state index is 0.129. The van der Waals surface area contributed by atoms with Gasteiger partial charge in [0.2, 0.25) is 0 Å². The summed E-state index contributed by atoms with van der Waals surface area (Å²) >= 11 is 11.9. The predicted molar refractivity (Wildman–Crippen MR) is 111 cm³/mol. The Hall–Kier alpha value is -2.89. The molecule has 0 heterocycles. The number of benzene rings is 3. The van der Waals surface area contributed by atoms with E-state index >= 15 is 0 Å². The van der Waals surface area contributed by atoms with Crippen LogP contribution in [-0.2, 0) is 6.54 Å². The molecule has 7 heteroatoms. The van der Waals surface area contributed by atoms with E-state index in [4.69, 9.17) is 27.9 Å². The molecular formula is C22H16Cl2FNO3. The van der Waals surface area contributed by atoms with Gasteiger partial charge in [0, 0.05) is 28.3 Å². The van der Waals surface area contributed by atoms with Crippen molar-refractivity contribution in [3.63, 3.8) is 0 Å². The van der Waals surface area contributed by atoms with Crippen molar-refractivity contribution in [2.45, 2.75) is 6.54 Å². The number of hydrogen-bond acceptors (Lipinski definition) is 3. The van der Waals surface area contributed by atoms with Crippen molar-refractivity contribution < 1.29 is 18.7 Å². The lowest BCUT2D eigenvalue weighted by atomic mass is 10.00. The van der Waals surface area contributed by atoms with Crippen LogP contribution in [0.15, 0.2) is 54.6 Å². The van der Waals surface area contributed by atoms with Crippen LogP contribution in [0.25, 0.3) is 11.1 Å². The maximum Gasteiger partial charge on any atom is 0.253 e. The first-order valence-corrected chi connectivity index (χ1v) is 9.33. The standard InChI is InChI=1S/C22H16Cl2FNO3/c1-29-21-7-3-14(18-8-13(12-27)2-6-20(18)25)9-15(21)11-26-22(28)17-5-4-16(23)10-19(17)24/h2-10,12H,11H2,1H3,(H,26,28). The molecule has 0 saturated carbocycles. The number of aldehydes is 1. The number of nitrogens with one attached hydrogen (secondary N) is 1. The Labute approximate surface area is 177 Å². The summed E-state index contributed by atoms with van der Waals surface area (Å²) in [5.74, 6) is -0.305. The van der Waals surface area contributed by atoms with E-state index in [0.29, 0.717) is 33.7 Å². The SMILES string of the molecule is COc1ccc(-c2cc(C=O)ccc2F)cc1CNC(=O)c1ccc(Cl)cc1Cl. The first-order chi connectivity index (χ1) is 13.9. The summed E-state index contributed by atoms with van der Waals surface area (Å²) in [4.78, 5) is 23.5. The quantitative estimate of drug-likeness (QED) is 0.520. The number of hydrogen-bond donors (Lipinski definition) is 1. The lowest BCUT2D eigenvalue weighted by Gasteiger charge is -2.13. The Kier molecular flexibility index (Phi) is 6.52. The molecule has 4 nitrogen and oxygen atoms in total. The highest BCUT2D eigenvalue weighted by Crippen LogP contribution is 2.29. The molecule has 148 valence electrons. The van der Waals surface area contributed by atoms with Crippen molar-refractivity contribution in [2.24, 2.45) is 0 Å². The van der Waals surface area contributed by atoms with Gasteiger partial charge < -0.3 is 10.1 Å². The van der Waals surface area contributed by atoms with Crippen LogP contribution in [0.1, 0.15) is 26.3 Å². The summed E-state index contributed by atoms with van der Waals surface area (Å²) in [7, 11) is 1.50. The molecule has 0 fully saturated rings. The van der Waals surface area contributed by atoms with E-state index in [0.717, 1.165) is 0 Å². The summed E-state index contributed by atoms with van der Waals surface area (Å²) in [6.07, 6.45) is 0.656. The van der Waals surface area contributed by atoms with Crippen molar-refractivity contribution in [1.82, 2.24) is 5.32 Å². The number of carbonyl (C=O) groups excluding carboxylic acids is 2. The lowest BCUT2D eigenvalue weighted by Crippen LogP contribution is -2.23. The van der Waals surface area contributed by atoms with Crippen LogP contribution in [0.4, 0.5) is 4.39 Å². The smallest absolute Gasteiger partial charge is 0.253 e. The number of halogens is 3. The van der Waals surface area contributed by atoms with Gasteiger partial charge >= 0.3 is 0 Å². The van der Waals surface area contributed by atoms with Crippen molar-refractivity contribution >= 4 is 35.4 Å². The molecule has 3 rings (SSSR count). The molecule has 3 aromatic carbocycles. The van der Waals surface area contributed by atoms with Crippen LogP contribution in [-0.4, -0.2) is 19.3 Å². The highest BCUT2D eigenvalue weighted by atomic mass is 35.5. The molecule has 29 heavy (non-hydrogen) atoms. The van der Waals surface area contributed by atoms with Crippen LogP contribution < -0.4 is 10.1 Å². The first-order valence-electron chi connectivity index (χ1n) is 8.58. The Morgan fingerprint density at radius 2 is 1.90 bits per heavy atom. The fourth-order valence-electron chi connectivity index (χ4n) is 2.87. The normalized spacial score (nSPS) is 10.5. The third kappa shape index (κ3) is 4.75. The van der Waals surface area contributed by atoms with Crippen LogP contribution in [0.2, 0.25) is 10.0 Å². The van der Waals surface area contributed by atoms with Crippen LogP contribution in [0.3, 0.4) is 0 Å². The monoisotopic (exact) mass is 431 g/mol. The molecule has 0 bridgehead atoms. The first kappa shape index (κ1) is 20.8. The van der Waals surface area contributed by atoms with Crippen molar-refractivity contribution in [1.29, 1.82) is 0 Å². The van der Waals surface area contributed by atoms with Gasteiger partial charge in [-0.3, -0.25) is 9.59 Å². The molecule has 1 amide bonds. The zero-order valence-corrected chi connectivity index (χ0v) is 16.9. The van der Waals surface area contributed by atoms with Crippen molar-refractivity contribution in [3.8, 4) is 16.9 Å². The fraction of sp³-hybridized carbons (Fsp3) is 0.0909. The highest BCUT2D eigenvalue weighted by molar-refractivity contribution is 6.36. The largest absolute Gasteiger partial charge is 0.496 e. The topological polar surface area (TPSA) is 55.4 Å². The number of ether oxygens (including phenoxy) is 1. The Morgan fingerprint density at radius 1 is 1.10 bits per heavy atom. The number of methoxy groups -OCH3 is 1. The molecule has 0 unspecified atom stereocenters. The molecule has 0 aromatic heterocycles. The molecule has 0 radical (unpaired) electrons. The third-order valence-corrected chi connectivity index (χ3v) is 4.88. The van der Waals surface area contributed by atoms with Gasteiger partial charge in [0.1, 0.15) is 17.9 Å². The second-order valence-electron chi connectivity index (χ2n) is 6.19. The summed E-state index contributed by atoms with van der Waals surface area (Å²) in [6.45, 7) is 0.129. The van der Waals surface area contributed by atoms with Crippen LogP contribution >= 0.6 is 23.2 Å². The van der Waals surface area contributed by atoms with E-state index in [2.05, 4.69) is 5.32 Å². The summed E-state index contributed by atoms with van der Waals surface area (Å²) < 4.78 is 19.6. The average Bonchev–Trinajstić information content (AvgIpc) is 2.72. The van der Waals surface area contributed by atoms with E-state index < -0.39 is 5.82 Å². The summed E-state index contributed by atoms with van der Waals surface area (Å²) in [5, 5.41) is 3.44. The third-order valence-electron chi connectivity index (χ3n) is 4.33. The summed E-state index contributed by atoms with van der Waals surface area (Å²) in [6, 6.07) is 13.8. The van der Waals surface area contributed by atoms with Gasteiger partial charge in [-0.2, -0.15) is 0 Å². The number of carbonyl (C=O) groups is 2. The number of rotatable bonds is 6. The van der Waals surface area contributed by atoms with Crippen molar-refractivity contribution in [3.05, 3.63) is 87.2 Å². The molecule has 0 aliphatic carbocycles. The fourth-order valence-corrected chi connectivity index (χ4v) is 3.36. The molecule has 3 aromatic rings. The van der Waals surface area contributed by atoms with Crippen LogP contribution in [0, 0.1) is 5.82 Å². The average molecular weight is 432 g/mol. The zero-order chi connectivity index (χ0) is 21.0. The minimum Gasteiger partial charge on any atom is -0.496 e. The van der Waals surface area contributed by atoms with Gasteiger partial charge in [-0.1, -0.05) is 29.3 Å². The molecule has 0 saturated heterocycles. The zero-order valence-electron chi connectivity index (χ0n) is 15.3. The van der Waals surface area contributed by atoms with Gasteiger partial charge in [-0.15, -0.1) is 0 Å². The van der Waals surface area contributed by atoms with Gasteiger partial charge in [0.15, 0.2) is 0 Å². The summed E-state index contributed by atoms with van der Waals surface area (Å²) in [5.41, 5.74) is 2.13. The van der Waals surface area contributed by atoms with E-state index in [9.17, 15) is 14.0 Å². The lowest BCUT2D eigenvalue weighted by molar-refractivity contribution is 0.0950. The van der Waals surface area contributed by atoms with Gasteiger partial charge in [-0.05, 0) is 54.1 Å². The van der Waals surface area contributed by atoms with Gasteiger partial charge in [-0.25, -0.2) is 4.39 Å².